The van der Waals surface area contributed by atoms with Gasteiger partial charge in [0.1, 0.15) is 6.61 Å². The van der Waals surface area contributed by atoms with Crippen LogP contribution in [0.3, 0.4) is 0 Å². The lowest BCUT2D eigenvalue weighted by atomic mass is 10.1. The van der Waals surface area contributed by atoms with Gasteiger partial charge in [0.25, 0.3) is 0 Å². The van der Waals surface area contributed by atoms with Crippen LogP contribution in [0, 0.1) is 0 Å². The molecule has 0 spiro atoms. The predicted octanol–water partition coefficient (Wildman–Crippen LogP) is 0.357. The van der Waals surface area contributed by atoms with Crippen molar-refractivity contribution in [2.45, 2.75) is 26.0 Å². The van der Waals surface area contributed by atoms with Crippen LogP contribution in [0.4, 0.5) is 5.69 Å². The highest BCUT2D eigenvalue weighted by atomic mass is 32.2. The van der Waals surface area contributed by atoms with Gasteiger partial charge in [0, 0.05) is 11.7 Å². The summed E-state index contributed by atoms with van der Waals surface area (Å²) in [4.78, 5) is 18.1. The lowest BCUT2D eigenvalue weighted by molar-refractivity contribution is -0.493. The van der Waals surface area contributed by atoms with Crippen LogP contribution >= 0.6 is 0 Å². The molecule has 0 saturated heterocycles. The fourth-order valence-corrected chi connectivity index (χ4v) is 2.86. The van der Waals surface area contributed by atoms with E-state index in [0.717, 1.165) is 6.26 Å². The van der Waals surface area contributed by atoms with E-state index in [0.29, 0.717) is 11.3 Å². The zero-order valence-corrected chi connectivity index (χ0v) is 16.8. The monoisotopic (exact) mass is 421 g/mol. The first-order chi connectivity index (χ1) is 13.0. The number of aliphatic hydroxyl groups excluding tert-OH is 1. The number of carbonyl (C=O) groups excluding carboxylic acids is 1. The molecule has 0 aromatic heterocycles. The molecule has 0 saturated carbocycles. The van der Waals surface area contributed by atoms with Gasteiger partial charge >= 0.3 is 0 Å². The number of hydrogen-bond donors (Lipinski definition) is 4. The average Bonchev–Trinajstić information content (AvgIpc) is 2.57. The Morgan fingerprint density at radius 2 is 1.79 bits per heavy atom. The topological polar surface area (TPSA) is 149 Å². The Labute approximate surface area is 164 Å². The fraction of sp³-hybridized carbons (Fsp3) is 0.562. The van der Waals surface area contributed by atoms with Crippen LogP contribution in [0.5, 0.6) is 0 Å². The number of anilines is 1. The molecule has 4 N–H and O–H groups in total. The number of hydrogen-bond acceptors (Lipinski definition) is 9. The number of sulfonamides is 1. The van der Waals surface area contributed by atoms with Crippen molar-refractivity contribution in [3.8, 4) is 0 Å². The SMILES string of the molecule is CC(C)N(CC(O)c1ccc(NS(C)(=O)=O)cc1)C(=O)COCCON(O)O. The van der Waals surface area contributed by atoms with E-state index in [1.807, 2.05) is 0 Å². The van der Waals surface area contributed by atoms with Crippen molar-refractivity contribution in [2.24, 2.45) is 0 Å². The summed E-state index contributed by atoms with van der Waals surface area (Å²) in [7, 11) is -3.39. The second-order valence-electron chi connectivity index (χ2n) is 6.29. The second-order valence-corrected chi connectivity index (χ2v) is 8.04. The molecule has 0 aliphatic heterocycles. The number of nitrogens with zero attached hydrogens (tertiary/aromatic N) is 2. The predicted molar refractivity (Wildman–Crippen MR) is 98.9 cm³/mol. The van der Waals surface area contributed by atoms with E-state index in [2.05, 4.69) is 9.56 Å². The lowest BCUT2D eigenvalue weighted by Gasteiger charge is -2.29. The number of amides is 1. The molecule has 1 aromatic carbocycles. The molecule has 0 fully saturated rings. The molecule has 1 unspecified atom stereocenters. The van der Waals surface area contributed by atoms with Gasteiger partial charge < -0.3 is 14.7 Å². The summed E-state index contributed by atoms with van der Waals surface area (Å²) >= 11 is 0. The normalized spacial score (nSPS) is 13.0. The van der Waals surface area contributed by atoms with Crippen LogP contribution in [0.1, 0.15) is 25.5 Å². The summed E-state index contributed by atoms with van der Waals surface area (Å²) in [5.41, 5.74) is 0.896. The highest BCUT2D eigenvalue weighted by Gasteiger charge is 2.21. The average molecular weight is 421 g/mol. The van der Waals surface area contributed by atoms with Gasteiger partial charge in [-0.1, -0.05) is 12.1 Å². The number of aliphatic hydroxyl groups is 1. The third kappa shape index (κ3) is 9.41. The Morgan fingerprint density at radius 3 is 2.29 bits per heavy atom. The number of benzene rings is 1. The smallest absolute Gasteiger partial charge is 0.248 e. The van der Waals surface area contributed by atoms with Crippen LogP contribution in [0.15, 0.2) is 24.3 Å². The molecule has 1 amide bonds. The Morgan fingerprint density at radius 1 is 1.18 bits per heavy atom. The summed E-state index contributed by atoms with van der Waals surface area (Å²) in [5, 5.41) is 26.7. The highest BCUT2D eigenvalue weighted by Crippen LogP contribution is 2.19. The van der Waals surface area contributed by atoms with Crippen LogP contribution in [-0.4, -0.2) is 78.8 Å². The molecular weight excluding hydrogens is 394 g/mol. The minimum atomic E-state index is -3.39. The number of rotatable bonds is 12. The van der Waals surface area contributed by atoms with Crippen LogP contribution in [0.25, 0.3) is 0 Å². The standard InChI is InChI=1S/C16H27N3O8S/c1-12(2)18(16(21)11-26-8-9-27-19(22)23)10-15(20)13-4-6-14(7-5-13)17-28(3,24)25/h4-7,12,15,17,20,22-23H,8-11H2,1-3H3. The van der Waals surface area contributed by atoms with E-state index in [-0.39, 0.29) is 38.3 Å². The number of nitrogens with one attached hydrogen (secondary N) is 1. The van der Waals surface area contributed by atoms with Crippen molar-refractivity contribution >= 4 is 21.6 Å². The van der Waals surface area contributed by atoms with Gasteiger partial charge in [-0.05, 0) is 31.5 Å². The third-order valence-corrected chi connectivity index (χ3v) is 4.18. The zero-order valence-electron chi connectivity index (χ0n) is 16.0. The van der Waals surface area contributed by atoms with Crippen molar-refractivity contribution in [3.05, 3.63) is 29.8 Å². The Bertz CT molecular complexity index is 709. The molecule has 11 nitrogen and oxygen atoms in total. The number of ether oxygens (including phenoxy) is 1. The molecule has 0 heterocycles. The van der Waals surface area contributed by atoms with Gasteiger partial charge in [0.15, 0.2) is 0 Å². The highest BCUT2D eigenvalue weighted by molar-refractivity contribution is 7.92. The van der Waals surface area contributed by atoms with E-state index in [9.17, 15) is 18.3 Å². The van der Waals surface area contributed by atoms with Crippen LogP contribution < -0.4 is 4.72 Å². The maximum Gasteiger partial charge on any atom is 0.248 e. The third-order valence-electron chi connectivity index (χ3n) is 3.57. The first-order valence-corrected chi connectivity index (χ1v) is 10.3. The zero-order chi connectivity index (χ0) is 21.3. The van der Waals surface area contributed by atoms with Gasteiger partial charge in [0.05, 0.1) is 37.5 Å². The largest absolute Gasteiger partial charge is 0.387 e. The molecule has 12 heteroatoms. The summed E-state index contributed by atoms with van der Waals surface area (Å²) < 4.78 is 29.9. The van der Waals surface area contributed by atoms with Crippen molar-refractivity contribution in [1.29, 1.82) is 0 Å². The fourth-order valence-electron chi connectivity index (χ4n) is 2.30. The minimum absolute atomic E-state index is 0.0241. The van der Waals surface area contributed by atoms with Gasteiger partial charge in [-0.3, -0.25) is 19.9 Å². The molecule has 0 bridgehead atoms. The molecule has 160 valence electrons. The Balaban J connectivity index is 2.61. The van der Waals surface area contributed by atoms with Gasteiger partial charge in [-0.15, -0.1) is 0 Å². The lowest BCUT2D eigenvalue weighted by Crippen LogP contribution is -2.42. The quantitative estimate of drug-likeness (QED) is 0.277. The van der Waals surface area contributed by atoms with Crippen molar-refractivity contribution in [1.82, 2.24) is 10.3 Å². The van der Waals surface area contributed by atoms with E-state index < -0.39 is 21.5 Å². The first-order valence-electron chi connectivity index (χ1n) is 8.43. The van der Waals surface area contributed by atoms with E-state index in [1.165, 1.54) is 17.0 Å². The van der Waals surface area contributed by atoms with Gasteiger partial charge in [0.2, 0.25) is 15.9 Å². The first kappa shape index (κ1) is 24.2. The maximum absolute atomic E-state index is 12.3. The Hall–Kier alpha value is -1.80. The van der Waals surface area contributed by atoms with Gasteiger partial charge in [-0.25, -0.2) is 13.3 Å². The van der Waals surface area contributed by atoms with Crippen molar-refractivity contribution in [3.63, 3.8) is 0 Å². The minimum Gasteiger partial charge on any atom is -0.387 e. The second kappa shape index (κ2) is 11.3. The van der Waals surface area contributed by atoms with E-state index >= 15 is 0 Å². The van der Waals surface area contributed by atoms with Gasteiger partial charge in [-0.2, -0.15) is 0 Å². The summed E-state index contributed by atoms with van der Waals surface area (Å²) in [6.07, 6.45) is 0.0685. The molecule has 0 aliphatic rings. The number of carbonyl (C=O) groups is 1. The summed E-state index contributed by atoms with van der Waals surface area (Å²) in [6.45, 7) is 3.16. The molecule has 1 atom stereocenters. The van der Waals surface area contributed by atoms with Crippen molar-refractivity contribution < 1.29 is 38.3 Å². The maximum atomic E-state index is 12.3. The molecular formula is C16H27N3O8S. The van der Waals surface area contributed by atoms with E-state index in [1.54, 1.807) is 26.0 Å². The molecule has 0 radical (unpaired) electrons. The molecule has 0 aliphatic carbocycles. The molecule has 1 rings (SSSR count). The molecule has 1 aromatic rings. The molecule has 28 heavy (non-hydrogen) atoms. The van der Waals surface area contributed by atoms with E-state index in [4.69, 9.17) is 15.2 Å². The van der Waals surface area contributed by atoms with Crippen LogP contribution in [-0.2, 0) is 24.4 Å². The van der Waals surface area contributed by atoms with Crippen LogP contribution in [0.2, 0.25) is 0 Å². The summed E-state index contributed by atoms with van der Waals surface area (Å²) in [6, 6.07) is 6.00. The van der Waals surface area contributed by atoms with Crippen molar-refractivity contribution in [2.75, 3.05) is 37.3 Å². The summed E-state index contributed by atoms with van der Waals surface area (Å²) in [5.74, 6) is -0.353. The Kier molecular flexibility index (Phi) is 9.75.